The van der Waals surface area contributed by atoms with Crippen molar-refractivity contribution in [3.8, 4) is 0 Å². The van der Waals surface area contributed by atoms with Crippen LogP contribution >= 0.6 is 0 Å². The van der Waals surface area contributed by atoms with E-state index in [1.54, 1.807) is 24.2 Å². The Morgan fingerprint density at radius 2 is 1.92 bits per heavy atom. The first-order valence-corrected chi connectivity index (χ1v) is 8.81. The molecule has 0 saturated carbocycles. The van der Waals surface area contributed by atoms with Crippen molar-refractivity contribution in [1.82, 2.24) is 19.4 Å². The van der Waals surface area contributed by atoms with Gasteiger partial charge in [0.2, 0.25) is 0 Å². The molecule has 0 N–H and O–H groups in total. The van der Waals surface area contributed by atoms with Gasteiger partial charge >= 0.3 is 0 Å². The van der Waals surface area contributed by atoms with Crippen molar-refractivity contribution in [2.75, 3.05) is 7.05 Å². The van der Waals surface area contributed by atoms with Crippen molar-refractivity contribution in [3.63, 3.8) is 0 Å². The molecule has 0 saturated heterocycles. The number of hydrogen-bond donors (Lipinski definition) is 0. The second-order valence-electron chi connectivity index (χ2n) is 6.25. The number of para-hydroxylation sites is 2. The molecule has 3 aromatic rings. The van der Waals surface area contributed by atoms with Crippen molar-refractivity contribution in [1.29, 1.82) is 0 Å². The van der Waals surface area contributed by atoms with Gasteiger partial charge in [-0.1, -0.05) is 38.0 Å². The lowest BCUT2D eigenvalue weighted by Crippen LogP contribution is -2.28. The predicted octanol–water partition coefficient (Wildman–Crippen LogP) is 3.89. The number of aromatic nitrogens is 3. The number of carbonyl (C=O) groups excluding carboxylic acids is 1. The summed E-state index contributed by atoms with van der Waals surface area (Å²) in [5.74, 6) is 0.830. The van der Waals surface area contributed by atoms with E-state index in [0.29, 0.717) is 12.2 Å². The van der Waals surface area contributed by atoms with E-state index < -0.39 is 0 Å². The number of aryl methyl sites for hydroxylation is 1. The Morgan fingerprint density at radius 3 is 2.68 bits per heavy atom. The zero-order chi connectivity index (χ0) is 17.6. The molecule has 0 unspecified atom stereocenters. The number of unbranched alkanes of at least 4 members (excludes halogenated alkanes) is 2. The maximum atomic E-state index is 12.6. The van der Waals surface area contributed by atoms with Gasteiger partial charge in [-0.3, -0.25) is 9.78 Å². The average molecular weight is 336 g/mol. The van der Waals surface area contributed by atoms with Crippen molar-refractivity contribution in [2.45, 2.75) is 39.3 Å². The number of fused-ring (bicyclic) bond motifs is 1. The fraction of sp³-hybridized carbons (Fsp3) is 0.350. The molecule has 5 heteroatoms. The van der Waals surface area contributed by atoms with Gasteiger partial charge in [-0.25, -0.2) is 4.98 Å². The normalized spacial score (nSPS) is 11.0. The van der Waals surface area contributed by atoms with Gasteiger partial charge in [-0.15, -0.1) is 0 Å². The summed E-state index contributed by atoms with van der Waals surface area (Å²) in [4.78, 5) is 23.1. The Balaban J connectivity index is 1.84. The van der Waals surface area contributed by atoms with Gasteiger partial charge in [0.25, 0.3) is 5.91 Å². The highest BCUT2D eigenvalue weighted by molar-refractivity contribution is 5.92. The van der Waals surface area contributed by atoms with E-state index in [0.717, 1.165) is 29.8 Å². The summed E-state index contributed by atoms with van der Waals surface area (Å²) in [5, 5.41) is 0. The summed E-state index contributed by atoms with van der Waals surface area (Å²) >= 11 is 0. The molecule has 0 atom stereocenters. The quantitative estimate of drug-likeness (QED) is 0.615. The number of rotatable bonds is 7. The van der Waals surface area contributed by atoms with E-state index in [1.165, 1.54) is 12.8 Å². The van der Waals surface area contributed by atoms with E-state index in [4.69, 9.17) is 4.98 Å². The highest BCUT2D eigenvalue weighted by Gasteiger charge is 2.17. The highest BCUT2D eigenvalue weighted by atomic mass is 16.2. The second-order valence-corrected chi connectivity index (χ2v) is 6.25. The zero-order valence-corrected chi connectivity index (χ0v) is 14.9. The molecule has 0 aliphatic carbocycles. The summed E-state index contributed by atoms with van der Waals surface area (Å²) < 4.78 is 2.24. The third-order valence-corrected chi connectivity index (χ3v) is 4.33. The van der Waals surface area contributed by atoms with E-state index >= 15 is 0 Å². The molecule has 25 heavy (non-hydrogen) atoms. The average Bonchev–Trinajstić information content (AvgIpc) is 2.99. The Bertz CT molecular complexity index is 841. The van der Waals surface area contributed by atoms with Crippen molar-refractivity contribution in [3.05, 3.63) is 60.2 Å². The highest BCUT2D eigenvalue weighted by Crippen LogP contribution is 2.18. The van der Waals surface area contributed by atoms with Crippen molar-refractivity contribution in [2.24, 2.45) is 0 Å². The summed E-state index contributed by atoms with van der Waals surface area (Å²) in [6.45, 7) is 3.59. The summed E-state index contributed by atoms with van der Waals surface area (Å²) in [6, 6.07) is 13.5. The maximum absolute atomic E-state index is 12.6. The lowest BCUT2D eigenvalue weighted by molar-refractivity contribution is 0.0774. The third kappa shape index (κ3) is 3.87. The van der Waals surface area contributed by atoms with E-state index in [1.807, 2.05) is 30.3 Å². The molecule has 1 amide bonds. The molecule has 0 aliphatic heterocycles. The summed E-state index contributed by atoms with van der Waals surface area (Å²) in [5.41, 5.74) is 2.57. The van der Waals surface area contributed by atoms with Crippen molar-refractivity contribution >= 4 is 16.9 Å². The summed E-state index contributed by atoms with van der Waals surface area (Å²) in [6.07, 6.45) is 5.12. The number of nitrogens with zero attached hydrogens (tertiary/aromatic N) is 4. The van der Waals surface area contributed by atoms with E-state index in [-0.39, 0.29) is 5.91 Å². The minimum atomic E-state index is -0.0900. The first-order chi connectivity index (χ1) is 12.2. The molecule has 130 valence electrons. The maximum Gasteiger partial charge on any atom is 0.272 e. The Labute approximate surface area is 148 Å². The fourth-order valence-corrected chi connectivity index (χ4v) is 2.98. The van der Waals surface area contributed by atoms with Crippen LogP contribution in [0.15, 0.2) is 48.7 Å². The minimum absolute atomic E-state index is 0.0900. The number of hydrogen-bond acceptors (Lipinski definition) is 3. The van der Waals surface area contributed by atoms with Crippen LogP contribution in [0.2, 0.25) is 0 Å². The standard InChI is InChI=1S/C20H24N4O/c1-3-4-9-14-24-18-12-6-5-10-16(18)22-19(24)15-23(2)20(25)17-11-7-8-13-21-17/h5-8,10-13H,3-4,9,14-15H2,1-2H3. The number of imidazole rings is 1. The first-order valence-electron chi connectivity index (χ1n) is 8.81. The molecular weight excluding hydrogens is 312 g/mol. The minimum Gasteiger partial charge on any atom is -0.333 e. The first kappa shape index (κ1) is 17.1. The van der Waals surface area contributed by atoms with Gasteiger partial charge in [0.1, 0.15) is 11.5 Å². The van der Waals surface area contributed by atoms with Crippen LogP contribution < -0.4 is 0 Å². The van der Waals surface area contributed by atoms with Crippen LogP contribution in [0.5, 0.6) is 0 Å². The van der Waals surface area contributed by atoms with Crippen LogP contribution in [0.4, 0.5) is 0 Å². The second kappa shape index (κ2) is 7.92. The van der Waals surface area contributed by atoms with Gasteiger partial charge in [0.15, 0.2) is 0 Å². The zero-order valence-electron chi connectivity index (χ0n) is 14.9. The third-order valence-electron chi connectivity index (χ3n) is 4.33. The number of pyridine rings is 1. The van der Waals surface area contributed by atoms with Crippen LogP contribution in [0.1, 0.15) is 42.5 Å². The molecule has 0 aliphatic rings. The molecule has 1 aromatic carbocycles. The molecule has 0 fully saturated rings. The molecule has 5 nitrogen and oxygen atoms in total. The smallest absolute Gasteiger partial charge is 0.272 e. The van der Waals surface area contributed by atoms with Gasteiger partial charge in [-0.2, -0.15) is 0 Å². The van der Waals surface area contributed by atoms with Crippen LogP contribution in [0, 0.1) is 0 Å². The fourth-order valence-electron chi connectivity index (χ4n) is 2.98. The molecule has 0 radical (unpaired) electrons. The van der Waals surface area contributed by atoms with Crippen molar-refractivity contribution < 1.29 is 4.79 Å². The number of amides is 1. The molecule has 3 rings (SSSR count). The SMILES string of the molecule is CCCCCn1c(CN(C)C(=O)c2ccccn2)nc2ccccc21. The topological polar surface area (TPSA) is 51.0 Å². The molecule has 2 heterocycles. The van der Waals surface area contributed by atoms with Gasteiger partial charge in [0.05, 0.1) is 17.6 Å². The molecule has 0 bridgehead atoms. The largest absolute Gasteiger partial charge is 0.333 e. The predicted molar refractivity (Wildman–Crippen MR) is 99.3 cm³/mol. The van der Waals surface area contributed by atoms with Crippen LogP contribution in [-0.4, -0.2) is 32.4 Å². The van der Waals surface area contributed by atoms with Gasteiger partial charge in [0, 0.05) is 19.8 Å². The Kier molecular flexibility index (Phi) is 5.43. The Morgan fingerprint density at radius 1 is 1.12 bits per heavy atom. The monoisotopic (exact) mass is 336 g/mol. The lowest BCUT2D eigenvalue weighted by Gasteiger charge is -2.17. The van der Waals surface area contributed by atoms with Crippen LogP contribution in [-0.2, 0) is 13.1 Å². The Hall–Kier alpha value is -2.69. The molecule has 2 aromatic heterocycles. The molecular formula is C20H24N4O. The van der Waals surface area contributed by atoms with E-state index in [2.05, 4.69) is 22.5 Å². The number of carbonyl (C=O) groups is 1. The lowest BCUT2D eigenvalue weighted by atomic mass is 10.2. The summed E-state index contributed by atoms with van der Waals surface area (Å²) in [7, 11) is 1.80. The molecule has 0 spiro atoms. The van der Waals surface area contributed by atoms with Crippen LogP contribution in [0.25, 0.3) is 11.0 Å². The van der Waals surface area contributed by atoms with Crippen LogP contribution in [0.3, 0.4) is 0 Å². The van der Waals surface area contributed by atoms with Gasteiger partial charge < -0.3 is 9.47 Å². The number of benzene rings is 1. The van der Waals surface area contributed by atoms with E-state index in [9.17, 15) is 4.79 Å². The van der Waals surface area contributed by atoms with Gasteiger partial charge in [-0.05, 0) is 30.7 Å².